The van der Waals surface area contributed by atoms with Crippen molar-refractivity contribution in [3.05, 3.63) is 42.5 Å². The number of rotatable bonds is 16. The van der Waals surface area contributed by atoms with Crippen LogP contribution in [0.3, 0.4) is 0 Å². The largest absolute Gasteiger partial charge is 0.449 e. The molecule has 70 heavy (non-hydrogen) atoms. The van der Waals surface area contributed by atoms with Crippen LogP contribution in [-0.4, -0.2) is 65.7 Å². The molecule has 24 nitrogen and oxygen atoms in total. The summed E-state index contributed by atoms with van der Waals surface area (Å²) < 4.78 is 71.3. The van der Waals surface area contributed by atoms with E-state index in [0.717, 1.165) is 119 Å². The molecule has 0 radical (unpaired) electrons. The Labute approximate surface area is 395 Å². The quantitative estimate of drug-likeness (QED) is 0.0902. The average Bonchev–Trinajstić information content (AvgIpc) is 3.17. The standard InChI is InChI=1S/C46H40O24/c1-19(47)58-30-12-33(59-20(2)48)41(34(13-30)60-21(3)49)42-35(61-22(4)50)18-40(66-27(9)55)45(46(42)68-29(11)57)70-32-16-38(64-25(7)53)44(39(17-32)65-26(8)54)69-31-14-36(62-23(5)51)43(67-28(10)56)37(15-31)63-24(6)52/h12-18H,1-11H3. The first-order chi connectivity index (χ1) is 32.7. The van der Waals surface area contributed by atoms with Crippen molar-refractivity contribution in [2.24, 2.45) is 0 Å². The summed E-state index contributed by atoms with van der Waals surface area (Å²) in [6.07, 6.45) is 0. The van der Waals surface area contributed by atoms with E-state index in [4.69, 9.17) is 61.6 Å². The second-order valence-corrected chi connectivity index (χ2v) is 13.9. The molecule has 4 aromatic carbocycles. The Morgan fingerprint density at radius 2 is 0.471 bits per heavy atom. The summed E-state index contributed by atoms with van der Waals surface area (Å²) in [5.74, 6) is -19.6. The number of benzene rings is 4. The summed E-state index contributed by atoms with van der Waals surface area (Å²) in [5, 5.41) is 0. The van der Waals surface area contributed by atoms with E-state index < -0.39 is 157 Å². The van der Waals surface area contributed by atoms with Gasteiger partial charge in [-0.3, -0.25) is 52.7 Å². The maximum atomic E-state index is 13.0. The molecule has 4 rings (SSSR count). The van der Waals surface area contributed by atoms with Crippen LogP contribution in [0.5, 0.6) is 86.2 Å². The van der Waals surface area contributed by atoms with Crippen molar-refractivity contribution < 1.29 is 114 Å². The van der Waals surface area contributed by atoms with Crippen molar-refractivity contribution in [2.75, 3.05) is 0 Å². The Morgan fingerprint density at radius 1 is 0.229 bits per heavy atom. The highest BCUT2D eigenvalue weighted by molar-refractivity contribution is 5.95. The molecular formula is C46H40O24. The number of esters is 11. The predicted octanol–water partition coefficient (Wildman–Crippen LogP) is 6.12. The third-order valence-electron chi connectivity index (χ3n) is 7.67. The number of carbonyl (C=O) groups is 11. The first-order valence-corrected chi connectivity index (χ1v) is 19.8. The fourth-order valence-electron chi connectivity index (χ4n) is 5.87. The molecule has 0 unspecified atom stereocenters. The van der Waals surface area contributed by atoms with Gasteiger partial charge >= 0.3 is 65.7 Å². The summed E-state index contributed by atoms with van der Waals surface area (Å²) in [4.78, 5) is 137. The topological polar surface area (TPSA) is 308 Å². The highest BCUT2D eigenvalue weighted by Crippen LogP contribution is 2.58. The molecule has 0 saturated carbocycles. The van der Waals surface area contributed by atoms with Crippen molar-refractivity contribution in [2.45, 2.75) is 76.2 Å². The lowest BCUT2D eigenvalue weighted by Crippen LogP contribution is -2.13. The van der Waals surface area contributed by atoms with Gasteiger partial charge in [-0.1, -0.05) is 0 Å². The van der Waals surface area contributed by atoms with Crippen LogP contribution in [-0.2, 0) is 52.7 Å². The van der Waals surface area contributed by atoms with Crippen LogP contribution in [0.4, 0.5) is 0 Å². The monoisotopic (exact) mass is 976 g/mol. The molecule has 0 aliphatic heterocycles. The van der Waals surface area contributed by atoms with E-state index in [0.29, 0.717) is 0 Å². The minimum absolute atomic E-state index is 0.344. The smallest absolute Gasteiger partial charge is 0.308 e. The van der Waals surface area contributed by atoms with E-state index in [1.807, 2.05) is 0 Å². The van der Waals surface area contributed by atoms with E-state index in [2.05, 4.69) is 0 Å². The van der Waals surface area contributed by atoms with Crippen molar-refractivity contribution in [1.82, 2.24) is 0 Å². The van der Waals surface area contributed by atoms with Gasteiger partial charge in [0.1, 0.15) is 34.5 Å². The van der Waals surface area contributed by atoms with E-state index >= 15 is 0 Å². The molecule has 0 heterocycles. The fraction of sp³-hybridized carbons (Fsp3) is 0.239. The molecule has 0 aliphatic carbocycles. The van der Waals surface area contributed by atoms with Gasteiger partial charge in [0.05, 0.1) is 11.1 Å². The second-order valence-electron chi connectivity index (χ2n) is 13.9. The third kappa shape index (κ3) is 14.8. The molecule has 0 bridgehead atoms. The first kappa shape index (κ1) is 53.3. The minimum atomic E-state index is -1.13. The predicted molar refractivity (Wildman–Crippen MR) is 229 cm³/mol. The average molecular weight is 977 g/mol. The number of ether oxygens (including phenoxy) is 13. The summed E-state index contributed by atoms with van der Waals surface area (Å²) in [5.41, 5.74) is -1.08. The highest BCUT2D eigenvalue weighted by atomic mass is 16.6. The van der Waals surface area contributed by atoms with Crippen LogP contribution in [0, 0.1) is 0 Å². The van der Waals surface area contributed by atoms with Gasteiger partial charge in [-0.05, 0) is 0 Å². The van der Waals surface area contributed by atoms with Gasteiger partial charge in [-0.25, -0.2) is 0 Å². The lowest BCUT2D eigenvalue weighted by Gasteiger charge is -2.23. The zero-order valence-electron chi connectivity index (χ0n) is 38.8. The molecule has 0 N–H and O–H groups in total. The van der Waals surface area contributed by atoms with Crippen molar-refractivity contribution >= 4 is 65.7 Å². The van der Waals surface area contributed by atoms with Crippen molar-refractivity contribution in [1.29, 1.82) is 0 Å². The lowest BCUT2D eigenvalue weighted by atomic mass is 9.99. The molecule has 24 heteroatoms. The van der Waals surface area contributed by atoms with E-state index in [1.54, 1.807) is 0 Å². The normalized spacial score (nSPS) is 10.3. The van der Waals surface area contributed by atoms with Gasteiger partial charge in [0.25, 0.3) is 0 Å². The molecule has 0 saturated heterocycles. The van der Waals surface area contributed by atoms with Gasteiger partial charge in [0, 0.05) is 119 Å². The van der Waals surface area contributed by atoms with Crippen LogP contribution in [0.15, 0.2) is 42.5 Å². The first-order valence-electron chi connectivity index (χ1n) is 19.8. The molecule has 0 amide bonds. The third-order valence-corrected chi connectivity index (χ3v) is 7.67. The number of hydrogen-bond donors (Lipinski definition) is 0. The van der Waals surface area contributed by atoms with Gasteiger partial charge in [-0.2, -0.15) is 0 Å². The Bertz CT molecular complexity index is 2760. The Morgan fingerprint density at radius 3 is 0.800 bits per heavy atom. The molecule has 4 aromatic rings. The molecule has 0 aliphatic rings. The van der Waals surface area contributed by atoms with Crippen LogP contribution in [0.1, 0.15) is 76.2 Å². The van der Waals surface area contributed by atoms with Gasteiger partial charge < -0.3 is 61.6 Å². The SMILES string of the molecule is CC(=O)Oc1cc(OC(C)=O)c(-c2c(OC(C)=O)cc(OC(C)=O)c(Oc3cc(OC(C)=O)c(Oc4cc(OC(C)=O)c(OC(C)=O)c(OC(C)=O)c4)c(OC(C)=O)c3)c2OC(C)=O)c(OC(C)=O)c1. The Kier molecular flexibility index (Phi) is 17.4. The Balaban J connectivity index is 2.20. The van der Waals surface area contributed by atoms with Gasteiger partial charge in [0.15, 0.2) is 34.5 Å². The number of carbonyl (C=O) groups excluding carboxylic acids is 11. The highest BCUT2D eigenvalue weighted by Gasteiger charge is 2.34. The van der Waals surface area contributed by atoms with Gasteiger partial charge in [0.2, 0.25) is 17.2 Å². The summed E-state index contributed by atoms with van der Waals surface area (Å²) in [6.45, 7) is 10.7. The molecule has 368 valence electrons. The number of hydrogen-bond acceptors (Lipinski definition) is 24. The minimum Gasteiger partial charge on any atom is -0.449 e. The van der Waals surface area contributed by atoms with E-state index in [1.165, 1.54) is 0 Å². The van der Waals surface area contributed by atoms with Crippen LogP contribution in [0.2, 0.25) is 0 Å². The van der Waals surface area contributed by atoms with E-state index in [9.17, 15) is 52.7 Å². The zero-order chi connectivity index (χ0) is 52.3. The summed E-state index contributed by atoms with van der Waals surface area (Å²) >= 11 is 0. The maximum absolute atomic E-state index is 13.0. The van der Waals surface area contributed by atoms with Crippen LogP contribution >= 0.6 is 0 Å². The zero-order valence-corrected chi connectivity index (χ0v) is 38.8. The maximum Gasteiger partial charge on any atom is 0.308 e. The van der Waals surface area contributed by atoms with Crippen LogP contribution < -0.4 is 61.6 Å². The van der Waals surface area contributed by atoms with Crippen molar-refractivity contribution in [3.8, 4) is 97.4 Å². The fourth-order valence-corrected chi connectivity index (χ4v) is 5.87. The molecule has 0 fully saturated rings. The Hall–Kier alpha value is -9.35. The molecular weight excluding hydrogens is 936 g/mol. The molecule has 0 atom stereocenters. The summed E-state index contributed by atoms with van der Waals surface area (Å²) in [7, 11) is 0. The summed E-state index contributed by atoms with van der Waals surface area (Å²) in [6, 6.07) is 6.72. The van der Waals surface area contributed by atoms with Crippen molar-refractivity contribution in [3.63, 3.8) is 0 Å². The van der Waals surface area contributed by atoms with Crippen LogP contribution in [0.25, 0.3) is 11.1 Å². The van der Waals surface area contributed by atoms with E-state index in [-0.39, 0.29) is 5.75 Å². The lowest BCUT2D eigenvalue weighted by molar-refractivity contribution is -0.135. The molecule has 0 aromatic heterocycles. The molecule has 0 spiro atoms. The second kappa shape index (κ2) is 22.9. The van der Waals surface area contributed by atoms with Gasteiger partial charge in [-0.15, -0.1) is 0 Å².